The first kappa shape index (κ1) is 12.7. The average molecular weight is 263 g/mol. The largest absolute Gasteiger partial charge is 0.475 e. The first-order valence-electron chi connectivity index (χ1n) is 5.48. The van der Waals surface area contributed by atoms with E-state index in [0.29, 0.717) is 5.52 Å². The minimum atomic E-state index is -1.45. The van der Waals surface area contributed by atoms with Gasteiger partial charge in [-0.05, 0) is 12.1 Å². The maximum Gasteiger partial charge on any atom is 0.377 e. The lowest BCUT2D eigenvalue weighted by Gasteiger charge is -2.13. The fraction of sp³-hybridized carbons (Fsp3) is 0.308. The van der Waals surface area contributed by atoms with E-state index in [2.05, 4.69) is 4.98 Å². The Bertz CT molecular complexity index is 637. The van der Waals surface area contributed by atoms with Crippen molar-refractivity contribution in [1.82, 2.24) is 4.98 Å². The number of carbonyl (C=O) groups is 2. The van der Waals surface area contributed by atoms with Crippen LogP contribution in [0, 0.1) is 0 Å². The molecule has 0 fully saturated rings. The molecule has 1 N–H and O–H groups in total. The third-order valence-electron chi connectivity index (χ3n) is 2.50. The SMILES string of the molecule is CC(C)(C)c1nc2c(C(=O)C(=O)O)cccc2s1. The number of carbonyl (C=O) groups excluding carboxylic acids is 1. The molecular formula is C13H13NO3S. The van der Waals surface area contributed by atoms with E-state index in [1.165, 1.54) is 17.4 Å². The van der Waals surface area contributed by atoms with Gasteiger partial charge in [-0.3, -0.25) is 4.79 Å². The maximum atomic E-state index is 11.6. The molecule has 18 heavy (non-hydrogen) atoms. The van der Waals surface area contributed by atoms with E-state index in [1.54, 1.807) is 6.07 Å². The van der Waals surface area contributed by atoms with Crippen LogP contribution in [0.5, 0.6) is 0 Å². The van der Waals surface area contributed by atoms with Crippen LogP contribution < -0.4 is 0 Å². The van der Waals surface area contributed by atoms with Crippen molar-refractivity contribution in [1.29, 1.82) is 0 Å². The van der Waals surface area contributed by atoms with Gasteiger partial charge >= 0.3 is 5.97 Å². The molecule has 0 radical (unpaired) electrons. The number of hydrogen-bond donors (Lipinski definition) is 1. The molecule has 1 aromatic carbocycles. The second-order valence-electron chi connectivity index (χ2n) is 5.06. The monoisotopic (exact) mass is 263 g/mol. The van der Waals surface area contributed by atoms with Crippen molar-refractivity contribution in [3.05, 3.63) is 28.8 Å². The Kier molecular flexibility index (Phi) is 2.94. The number of fused-ring (bicyclic) bond motifs is 1. The number of rotatable bonds is 2. The summed E-state index contributed by atoms with van der Waals surface area (Å²) in [5.74, 6) is -2.36. The summed E-state index contributed by atoms with van der Waals surface area (Å²) in [7, 11) is 0. The predicted molar refractivity (Wildman–Crippen MR) is 70.3 cm³/mol. The van der Waals surface area contributed by atoms with Gasteiger partial charge in [0.2, 0.25) is 0 Å². The highest BCUT2D eigenvalue weighted by Crippen LogP contribution is 2.32. The summed E-state index contributed by atoms with van der Waals surface area (Å²) in [6.07, 6.45) is 0. The second-order valence-corrected chi connectivity index (χ2v) is 6.09. The number of aliphatic carboxylic acids is 1. The van der Waals surface area contributed by atoms with Gasteiger partial charge in [-0.15, -0.1) is 11.3 Å². The molecule has 0 aliphatic carbocycles. The van der Waals surface area contributed by atoms with Crippen LogP contribution in [0.15, 0.2) is 18.2 Å². The van der Waals surface area contributed by atoms with Crippen molar-refractivity contribution in [3.8, 4) is 0 Å². The number of carboxylic acid groups (broad SMARTS) is 1. The van der Waals surface area contributed by atoms with Crippen molar-refractivity contribution in [3.63, 3.8) is 0 Å². The van der Waals surface area contributed by atoms with E-state index >= 15 is 0 Å². The summed E-state index contributed by atoms with van der Waals surface area (Å²) >= 11 is 1.49. The van der Waals surface area contributed by atoms with E-state index in [4.69, 9.17) is 5.11 Å². The molecule has 1 aromatic heterocycles. The lowest BCUT2D eigenvalue weighted by Crippen LogP contribution is -2.13. The molecule has 94 valence electrons. The molecule has 0 aliphatic rings. The molecule has 0 atom stereocenters. The van der Waals surface area contributed by atoms with Crippen molar-refractivity contribution in [2.45, 2.75) is 26.2 Å². The zero-order chi connectivity index (χ0) is 13.5. The fourth-order valence-electron chi connectivity index (χ4n) is 1.57. The lowest BCUT2D eigenvalue weighted by molar-refractivity contribution is -0.131. The number of Topliss-reactive ketones (excluding diaryl/α,β-unsaturated/α-hetero) is 1. The van der Waals surface area contributed by atoms with Gasteiger partial charge < -0.3 is 5.11 Å². The van der Waals surface area contributed by atoms with Gasteiger partial charge in [0, 0.05) is 5.41 Å². The van der Waals surface area contributed by atoms with Crippen LogP contribution in [-0.2, 0) is 10.2 Å². The Labute approximate surface area is 108 Å². The third-order valence-corrected chi connectivity index (χ3v) is 3.95. The highest BCUT2D eigenvalue weighted by atomic mass is 32.1. The van der Waals surface area contributed by atoms with Crippen LogP contribution >= 0.6 is 11.3 Å². The Morgan fingerprint density at radius 3 is 2.50 bits per heavy atom. The molecule has 0 unspecified atom stereocenters. The summed E-state index contributed by atoms with van der Waals surface area (Å²) in [5.41, 5.74) is 0.527. The van der Waals surface area contributed by atoms with Crippen LogP contribution in [0.2, 0.25) is 0 Å². The molecular weight excluding hydrogens is 250 g/mol. The number of ketones is 1. The van der Waals surface area contributed by atoms with Crippen molar-refractivity contribution in [2.75, 3.05) is 0 Å². The summed E-state index contributed by atoms with van der Waals surface area (Å²) in [4.78, 5) is 26.8. The fourth-order valence-corrected chi connectivity index (χ4v) is 2.62. The van der Waals surface area contributed by atoms with Gasteiger partial charge in [-0.1, -0.05) is 26.8 Å². The zero-order valence-corrected chi connectivity index (χ0v) is 11.2. The minimum Gasteiger partial charge on any atom is -0.475 e. The van der Waals surface area contributed by atoms with Crippen LogP contribution in [0.1, 0.15) is 36.1 Å². The predicted octanol–water partition coefficient (Wildman–Crippen LogP) is 2.86. The molecule has 0 saturated carbocycles. The normalized spacial score (nSPS) is 11.7. The molecule has 5 heteroatoms. The van der Waals surface area contributed by atoms with E-state index in [0.717, 1.165) is 9.71 Å². The van der Waals surface area contributed by atoms with E-state index in [-0.39, 0.29) is 11.0 Å². The van der Waals surface area contributed by atoms with Gasteiger partial charge in [-0.2, -0.15) is 0 Å². The van der Waals surface area contributed by atoms with Crippen LogP contribution in [0.4, 0.5) is 0 Å². The van der Waals surface area contributed by atoms with E-state index in [1.807, 2.05) is 26.8 Å². The van der Waals surface area contributed by atoms with Crippen molar-refractivity contribution < 1.29 is 14.7 Å². The number of para-hydroxylation sites is 1. The molecule has 2 rings (SSSR count). The lowest BCUT2D eigenvalue weighted by atomic mass is 9.98. The summed E-state index contributed by atoms with van der Waals surface area (Å²) in [5, 5.41) is 9.68. The number of thiazole rings is 1. The first-order valence-corrected chi connectivity index (χ1v) is 6.30. The van der Waals surface area contributed by atoms with Gasteiger partial charge in [0.1, 0.15) is 0 Å². The summed E-state index contributed by atoms with van der Waals surface area (Å²) < 4.78 is 0.840. The Morgan fingerprint density at radius 1 is 1.28 bits per heavy atom. The van der Waals surface area contributed by atoms with Gasteiger partial charge in [0.05, 0.1) is 20.8 Å². The molecule has 4 nitrogen and oxygen atoms in total. The summed E-state index contributed by atoms with van der Waals surface area (Å²) in [6, 6.07) is 5.04. The van der Waals surface area contributed by atoms with E-state index < -0.39 is 11.8 Å². The molecule has 1 heterocycles. The van der Waals surface area contributed by atoms with Gasteiger partial charge in [0.15, 0.2) is 0 Å². The maximum absolute atomic E-state index is 11.6. The molecule has 0 spiro atoms. The van der Waals surface area contributed by atoms with Crippen LogP contribution in [0.3, 0.4) is 0 Å². The number of aromatic nitrogens is 1. The highest BCUT2D eigenvalue weighted by molar-refractivity contribution is 7.18. The smallest absolute Gasteiger partial charge is 0.377 e. The summed E-state index contributed by atoms with van der Waals surface area (Å²) in [6.45, 7) is 6.09. The number of carboxylic acids is 1. The van der Waals surface area contributed by atoms with Crippen LogP contribution in [0.25, 0.3) is 10.2 Å². The minimum absolute atomic E-state index is 0.118. The van der Waals surface area contributed by atoms with Crippen molar-refractivity contribution >= 4 is 33.3 Å². The average Bonchev–Trinajstić information content (AvgIpc) is 2.70. The molecule has 2 aromatic rings. The van der Waals surface area contributed by atoms with Crippen molar-refractivity contribution in [2.24, 2.45) is 0 Å². The second kappa shape index (κ2) is 4.17. The Hall–Kier alpha value is -1.75. The Morgan fingerprint density at radius 2 is 1.94 bits per heavy atom. The topological polar surface area (TPSA) is 67.3 Å². The van der Waals surface area contributed by atoms with Crippen LogP contribution in [-0.4, -0.2) is 21.8 Å². The molecule has 0 aliphatic heterocycles. The van der Waals surface area contributed by atoms with Gasteiger partial charge in [-0.25, -0.2) is 9.78 Å². The standard InChI is InChI=1S/C13H13NO3S/c1-13(2,3)12-14-9-7(10(15)11(16)17)5-4-6-8(9)18-12/h4-6H,1-3H3,(H,16,17). The number of hydrogen-bond acceptors (Lipinski definition) is 4. The molecule has 0 saturated heterocycles. The third kappa shape index (κ3) is 2.13. The number of nitrogens with zero attached hydrogens (tertiary/aromatic N) is 1. The molecule has 0 amide bonds. The Balaban J connectivity index is 2.67. The number of benzene rings is 1. The van der Waals surface area contributed by atoms with E-state index in [9.17, 15) is 9.59 Å². The van der Waals surface area contributed by atoms with Gasteiger partial charge in [0.25, 0.3) is 5.78 Å². The quantitative estimate of drug-likeness (QED) is 0.668. The highest BCUT2D eigenvalue weighted by Gasteiger charge is 2.23. The zero-order valence-electron chi connectivity index (χ0n) is 10.4. The first-order chi connectivity index (χ1) is 8.30. The molecule has 0 bridgehead atoms.